The van der Waals surface area contributed by atoms with Crippen LogP contribution in [0.3, 0.4) is 0 Å². The summed E-state index contributed by atoms with van der Waals surface area (Å²) in [5, 5.41) is 8.12. The number of thioether (sulfide) groups is 1. The highest BCUT2D eigenvalue weighted by molar-refractivity contribution is 7.99. The molecule has 0 aliphatic carbocycles. The normalized spacial score (nSPS) is 21.0. The Morgan fingerprint density at radius 1 is 0.966 bits per heavy atom. The van der Waals surface area contributed by atoms with Crippen LogP contribution in [-0.2, 0) is 17.1 Å². The van der Waals surface area contributed by atoms with Crippen LogP contribution in [0.2, 0.25) is 0 Å². The zero-order valence-electron chi connectivity index (χ0n) is 14.7. The van der Waals surface area contributed by atoms with E-state index >= 15 is 0 Å². The molecule has 1 N–H and O–H groups in total. The number of benzene rings is 1. The molecule has 4 rings (SSSR count). The van der Waals surface area contributed by atoms with Gasteiger partial charge in [-0.1, -0.05) is 11.8 Å². The third-order valence-corrected chi connectivity index (χ3v) is 5.62. The van der Waals surface area contributed by atoms with Gasteiger partial charge in [0.1, 0.15) is 6.17 Å². The second-order valence-electron chi connectivity index (χ2n) is 6.54. The van der Waals surface area contributed by atoms with Gasteiger partial charge in [0.25, 0.3) is 0 Å². The number of rotatable bonds is 2. The van der Waals surface area contributed by atoms with Gasteiger partial charge in [-0.15, -0.1) is 10.2 Å². The molecule has 158 valence electrons. The molecule has 0 radical (unpaired) electrons. The smallest absolute Gasteiger partial charge is 0.379 e. The van der Waals surface area contributed by atoms with Crippen molar-refractivity contribution < 1.29 is 31.1 Å². The average Bonchev–Trinajstić information content (AvgIpc) is 3.10. The van der Waals surface area contributed by atoms with Gasteiger partial charge in [0.2, 0.25) is 5.16 Å². The van der Waals surface area contributed by atoms with E-state index in [1.54, 1.807) is 0 Å². The molecule has 2 aliphatic rings. The van der Waals surface area contributed by atoms with Crippen LogP contribution in [0, 0.1) is 0 Å². The number of alkyl halides is 6. The SMILES string of the molecule is FC(F)(F)c1cc(-c2nnc3n2NC(N2CCOCC2)CS3)cc(C(F)(F)F)c1. The predicted molar refractivity (Wildman–Crippen MR) is 91.7 cm³/mol. The van der Waals surface area contributed by atoms with Crippen LogP contribution in [0.25, 0.3) is 11.4 Å². The van der Waals surface area contributed by atoms with Gasteiger partial charge in [-0.05, 0) is 18.2 Å². The first kappa shape index (κ1) is 20.3. The molecule has 6 nitrogen and oxygen atoms in total. The molecule has 1 unspecified atom stereocenters. The summed E-state index contributed by atoms with van der Waals surface area (Å²) in [6, 6.07) is 1.39. The number of halogens is 6. The highest BCUT2D eigenvalue weighted by atomic mass is 32.2. The van der Waals surface area contributed by atoms with Crippen LogP contribution in [-0.4, -0.2) is 58.0 Å². The minimum atomic E-state index is -4.93. The summed E-state index contributed by atoms with van der Waals surface area (Å²) in [6.07, 6.45) is -10.0. The van der Waals surface area contributed by atoms with Crippen LogP contribution in [0.1, 0.15) is 11.1 Å². The number of fused-ring (bicyclic) bond motifs is 1. The van der Waals surface area contributed by atoms with Crippen molar-refractivity contribution in [2.75, 3.05) is 37.5 Å². The van der Waals surface area contributed by atoms with Crippen LogP contribution in [0.4, 0.5) is 26.3 Å². The van der Waals surface area contributed by atoms with Gasteiger partial charge in [-0.2, -0.15) is 26.3 Å². The lowest BCUT2D eigenvalue weighted by atomic mass is 10.0. The molecule has 1 fully saturated rings. The quantitative estimate of drug-likeness (QED) is 0.725. The standard InChI is InChI=1S/C16H15F6N5OS/c17-15(18,19)10-5-9(6-11(7-10)16(20,21)22)13-23-24-14-27(13)25-12(8-29-14)26-1-3-28-4-2-26/h5-7,12,25H,1-4,8H2. The lowest BCUT2D eigenvalue weighted by Crippen LogP contribution is -2.52. The van der Waals surface area contributed by atoms with E-state index in [-0.39, 0.29) is 23.6 Å². The molecule has 0 amide bonds. The fourth-order valence-electron chi connectivity index (χ4n) is 3.17. The number of morpholine rings is 1. The Morgan fingerprint density at radius 2 is 1.59 bits per heavy atom. The molecule has 1 saturated heterocycles. The van der Waals surface area contributed by atoms with E-state index in [2.05, 4.69) is 20.5 Å². The fraction of sp³-hybridized carbons (Fsp3) is 0.500. The molecular weight excluding hydrogens is 424 g/mol. The molecule has 1 atom stereocenters. The van der Waals surface area contributed by atoms with E-state index in [0.717, 1.165) is 0 Å². The second kappa shape index (κ2) is 7.36. The van der Waals surface area contributed by atoms with E-state index in [1.807, 2.05) is 0 Å². The maximum Gasteiger partial charge on any atom is 0.416 e. The lowest BCUT2D eigenvalue weighted by Gasteiger charge is -2.37. The Kier molecular flexibility index (Phi) is 5.15. The Balaban J connectivity index is 1.72. The van der Waals surface area contributed by atoms with Crippen molar-refractivity contribution in [1.82, 2.24) is 19.8 Å². The van der Waals surface area contributed by atoms with Gasteiger partial charge in [0, 0.05) is 24.4 Å². The summed E-state index contributed by atoms with van der Waals surface area (Å²) in [5.74, 6) is 0.496. The summed E-state index contributed by atoms with van der Waals surface area (Å²) in [6.45, 7) is 2.42. The third kappa shape index (κ3) is 4.16. The van der Waals surface area contributed by atoms with Crippen molar-refractivity contribution in [3.8, 4) is 11.4 Å². The van der Waals surface area contributed by atoms with E-state index in [0.29, 0.717) is 49.3 Å². The average molecular weight is 439 g/mol. The number of hydrogen-bond acceptors (Lipinski definition) is 6. The minimum Gasteiger partial charge on any atom is -0.379 e. The summed E-state index contributed by atoms with van der Waals surface area (Å²) in [7, 11) is 0. The van der Waals surface area contributed by atoms with E-state index in [9.17, 15) is 26.3 Å². The molecule has 1 aromatic carbocycles. The van der Waals surface area contributed by atoms with Crippen molar-refractivity contribution in [2.45, 2.75) is 23.7 Å². The van der Waals surface area contributed by atoms with Crippen molar-refractivity contribution in [3.63, 3.8) is 0 Å². The number of aromatic nitrogens is 3. The van der Waals surface area contributed by atoms with Crippen molar-refractivity contribution in [2.24, 2.45) is 0 Å². The Hall–Kier alpha value is -1.99. The van der Waals surface area contributed by atoms with Crippen LogP contribution in [0.15, 0.2) is 23.4 Å². The van der Waals surface area contributed by atoms with E-state index in [4.69, 9.17) is 4.74 Å². The molecule has 3 heterocycles. The Bertz CT molecular complexity index is 861. The number of hydrogen-bond donors (Lipinski definition) is 1. The highest BCUT2D eigenvalue weighted by Gasteiger charge is 2.38. The molecular formula is C16H15F6N5OS. The molecule has 13 heteroatoms. The van der Waals surface area contributed by atoms with Gasteiger partial charge >= 0.3 is 12.4 Å². The summed E-state index contributed by atoms with van der Waals surface area (Å²) in [4.78, 5) is 2.09. The third-order valence-electron chi connectivity index (χ3n) is 4.61. The van der Waals surface area contributed by atoms with Gasteiger partial charge in [-0.25, -0.2) is 4.68 Å². The molecule has 2 aliphatic heterocycles. The molecule has 2 aromatic rings. The van der Waals surface area contributed by atoms with Crippen LogP contribution in [0.5, 0.6) is 0 Å². The number of nitrogens with one attached hydrogen (secondary N) is 1. The first-order valence-electron chi connectivity index (χ1n) is 8.59. The molecule has 0 spiro atoms. The topological polar surface area (TPSA) is 55.2 Å². The molecule has 0 saturated carbocycles. The molecule has 0 bridgehead atoms. The van der Waals surface area contributed by atoms with Crippen LogP contribution < -0.4 is 5.43 Å². The van der Waals surface area contributed by atoms with E-state index in [1.165, 1.54) is 16.4 Å². The zero-order chi connectivity index (χ0) is 20.8. The summed E-state index contributed by atoms with van der Waals surface area (Å²) >= 11 is 1.33. The second-order valence-corrected chi connectivity index (χ2v) is 7.53. The van der Waals surface area contributed by atoms with Crippen molar-refractivity contribution in [1.29, 1.82) is 0 Å². The number of nitrogens with zero attached hydrogens (tertiary/aromatic N) is 4. The van der Waals surface area contributed by atoms with Crippen molar-refractivity contribution >= 4 is 11.8 Å². The first-order valence-corrected chi connectivity index (χ1v) is 9.58. The summed E-state index contributed by atoms with van der Waals surface area (Å²) in [5.41, 5.74) is -0.0000384. The van der Waals surface area contributed by atoms with Gasteiger partial charge in [0.15, 0.2) is 5.82 Å². The zero-order valence-corrected chi connectivity index (χ0v) is 15.5. The Morgan fingerprint density at radius 3 is 2.17 bits per heavy atom. The number of ether oxygens (including phenoxy) is 1. The fourth-order valence-corrected chi connectivity index (χ4v) is 4.13. The maximum absolute atomic E-state index is 13.2. The Labute approximate surface area is 165 Å². The first-order chi connectivity index (χ1) is 13.6. The molecule has 29 heavy (non-hydrogen) atoms. The maximum atomic E-state index is 13.2. The minimum absolute atomic E-state index is 0.0930. The monoisotopic (exact) mass is 439 g/mol. The van der Waals surface area contributed by atoms with Gasteiger partial charge in [-0.3, -0.25) is 4.90 Å². The van der Waals surface area contributed by atoms with E-state index < -0.39 is 23.5 Å². The lowest BCUT2D eigenvalue weighted by molar-refractivity contribution is -0.143. The van der Waals surface area contributed by atoms with Gasteiger partial charge < -0.3 is 10.2 Å². The molecule has 1 aromatic heterocycles. The largest absolute Gasteiger partial charge is 0.416 e. The summed E-state index contributed by atoms with van der Waals surface area (Å²) < 4.78 is 85.7. The van der Waals surface area contributed by atoms with Gasteiger partial charge in [0.05, 0.1) is 24.3 Å². The van der Waals surface area contributed by atoms with Crippen molar-refractivity contribution in [3.05, 3.63) is 29.3 Å². The predicted octanol–water partition coefficient (Wildman–Crippen LogP) is 3.29. The highest BCUT2D eigenvalue weighted by Crippen LogP contribution is 2.39. The van der Waals surface area contributed by atoms with Crippen LogP contribution >= 0.6 is 11.8 Å².